The molecule has 6 nitrogen and oxygen atoms in total. The van der Waals surface area contributed by atoms with Gasteiger partial charge in [-0.25, -0.2) is 0 Å². The van der Waals surface area contributed by atoms with Gasteiger partial charge in [0.05, 0.1) is 12.2 Å². The molecule has 2 aromatic rings. The third-order valence-electron chi connectivity index (χ3n) is 5.53. The Morgan fingerprint density at radius 3 is 1.36 bits per heavy atom. The molecule has 0 heterocycles. The molecule has 0 aliphatic carbocycles. The normalized spacial score (nSPS) is 13.5. The molecular formula is C27H40O6. The highest BCUT2D eigenvalue weighted by atomic mass is 16.5. The summed E-state index contributed by atoms with van der Waals surface area (Å²) in [5, 5.41) is 17.6. The molecule has 0 saturated heterocycles. The first kappa shape index (κ1) is 27.1. The zero-order valence-corrected chi connectivity index (χ0v) is 20.5. The molecule has 2 rings (SSSR count). The fourth-order valence-electron chi connectivity index (χ4n) is 3.32. The molecular weight excluding hydrogens is 420 g/mol. The van der Waals surface area contributed by atoms with Gasteiger partial charge in [-0.2, -0.15) is 0 Å². The Labute approximate surface area is 198 Å². The molecule has 0 spiro atoms. The lowest BCUT2D eigenvalue weighted by molar-refractivity contribution is 0.0253. The molecule has 0 aromatic heterocycles. The minimum atomic E-state index is -0.168. The fourth-order valence-corrected chi connectivity index (χ4v) is 3.32. The monoisotopic (exact) mass is 460 g/mol. The van der Waals surface area contributed by atoms with Crippen LogP contribution in [0.1, 0.15) is 51.7 Å². The van der Waals surface area contributed by atoms with E-state index in [4.69, 9.17) is 29.2 Å². The van der Waals surface area contributed by atoms with Crippen LogP contribution in [0.5, 0.6) is 11.5 Å². The van der Waals surface area contributed by atoms with E-state index in [1.54, 1.807) is 0 Å². The van der Waals surface area contributed by atoms with Crippen molar-refractivity contribution in [1.29, 1.82) is 0 Å². The molecule has 0 bridgehead atoms. The maximum Gasteiger partial charge on any atom is 0.119 e. The first-order valence-corrected chi connectivity index (χ1v) is 11.8. The quantitative estimate of drug-likeness (QED) is 0.363. The lowest BCUT2D eigenvalue weighted by Crippen LogP contribution is -2.20. The Bertz CT molecular complexity index is 707. The van der Waals surface area contributed by atoms with Gasteiger partial charge in [0.2, 0.25) is 0 Å². The van der Waals surface area contributed by atoms with E-state index in [1.807, 2.05) is 38.1 Å². The van der Waals surface area contributed by atoms with E-state index < -0.39 is 0 Å². The smallest absolute Gasteiger partial charge is 0.119 e. The van der Waals surface area contributed by atoms with Crippen molar-refractivity contribution < 1.29 is 29.2 Å². The largest absolute Gasteiger partial charge is 0.491 e. The molecule has 0 radical (unpaired) electrons. The summed E-state index contributed by atoms with van der Waals surface area (Å²) in [6.45, 7) is 10.6. The van der Waals surface area contributed by atoms with Crippen LogP contribution in [0.15, 0.2) is 48.5 Å². The Balaban J connectivity index is 1.88. The number of aliphatic hydroxyl groups is 2. The zero-order chi connectivity index (χ0) is 24.1. The van der Waals surface area contributed by atoms with Gasteiger partial charge in [0, 0.05) is 31.8 Å². The van der Waals surface area contributed by atoms with Gasteiger partial charge in [0.15, 0.2) is 0 Å². The van der Waals surface area contributed by atoms with Crippen molar-refractivity contribution in [1.82, 2.24) is 0 Å². The maximum atomic E-state index is 8.82. The van der Waals surface area contributed by atoms with Gasteiger partial charge >= 0.3 is 0 Å². The third kappa shape index (κ3) is 9.33. The highest BCUT2D eigenvalue weighted by molar-refractivity contribution is 5.41. The molecule has 2 unspecified atom stereocenters. The van der Waals surface area contributed by atoms with Crippen molar-refractivity contribution in [3.05, 3.63) is 59.7 Å². The summed E-state index contributed by atoms with van der Waals surface area (Å²) < 4.78 is 22.9. The van der Waals surface area contributed by atoms with Crippen molar-refractivity contribution in [2.45, 2.75) is 58.2 Å². The van der Waals surface area contributed by atoms with Crippen LogP contribution in [0, 0.1) is 0 Å². The second-order valence-electron chi connectivity index (χ2n) is 8.81. The maximum absolute atomic E-state index is 8.82. The first-order valence-electron chi connectivity index (χ1n) is 11.8. The van der Waals surface area contributed by atoms with Gasteiger partial charge in [0.1, 0.15) is 24.7 Å². The molecule has 184 valence electrons. The second kappa shape index (κ2) is 14.2. The molecule has 0 aliphatic rings. The van der Waals surface area contributed by atoms with E-state index in [2.05, 4.69) is 38.1 Å². The summed E-state index contributed by atoms with van der Waals surface area (Å²) in [6, 6.07) is 16.4. The standard InChI is InChI=1S/C27H40O6/c1-21(30-17-5-15-28)19-32-25-11-7-23(8-12-25)27(3,4)24-9-13-26(14-10-24)33-20-22(2)31-18-6-16-29/h7-14,21-22,28-29H,5-6,15-20H2,1-4H3. The fraction of sp³-hybridized carbons (Fsp3) is 0.556. The summed E-state index contributed by atoms with van der Waals surface area (Å²) >= 11 is 0. The lowest BCUT2D eigenvalue weighted by atomic mass is 9.78. The SMILES string of the molecule is CC(COc1ccc(C(C)(C)c2ccc(OCC(C)OCCCO)cc2)cc1)OCCCO. The highest BCUT2D eigenvalue weighted by Gasteiger charge is 2.23. The van der Waals surface area contributed by atoms with Gasteiger partial charge in [-0.1, -0.05) is 38.1 Å². The summed E-state index contributed by atoms with van der Waals surface area (Å²) in [7, 11) is 0. The van der Waals surface area contributed by atoms with Crippen LogP contribution in [-0.2, 0) is 14.9 Å². The Kier molecular flexibility index (Phi) is 11.7. The van der Waals surface area contributed by atoms with Crippen molar-refractivity contribution in [2.75, 3.05) is 39.6 Å². The predicted molar refractivity (Wildman–Crippen MR) is 130 cm³/mol. The number of ether oxygens (including phenoxy) is 4. The van der Waals surface area contributed by atoms with Crippen LogP contribution >= 0.6 is 0 Å². The molecule has 6 heteroatoms. The minimum Gasteiger partial charge on any atom is -0.491 e. The number of rotatable bonds is 16. The summed E-state index contributed by atoms with van der Waals surface area (Å²) in [4.78, 5) is 0. The van der Waals surface area contributed by atoms with E-state index in [-0.39, 0.29) is 30.8 Å². The van der Waals surface area contributed by atoms with Gasteiger partial charge in [-0.3, -0.25) is 0 Å². The minimum absolute atomic E-state index is 0.0245. The van der Waals surface area contributed by atoms with Gasteiger partial charge in [-0.15, -0.1) is 0 Å². The Morgan fingerprint density at radius 1 is 0.667 bits per heavy atom. The number of hydrogen-bond acceptors (Lipinski definition) is 6. The van der Waals surface area contributed by atoms with E-state index in [1.165, 1.54) is 11.1 Å². The molecule has 0 aliphatic heterocycles. The summed E-state index contributed by atoms with van der Waals surface area (Å²) in [5.74, 6) is 1.62. The van der Waals surface area contributed by atoms with Crippen molar-refractivity contribution in [2.24, 2.45) is 0 Å². The van der Waals surface area contributed by atoms with E-state index in [0.29, 0.717) is 39.3 Å². The average molecular weight is 461 g/mol. The number of hydrogen-bond donors (Lipinski definition) is 2. The van der Waals surface area contributed by atoms with E-state index in [0.717, 1.165) is 11.5 Å². The predicted octanol–water partition coefficient (Wildman–Crippen LogP) is 4.35. The van der Waals surface area contributed by atoms with Crippen molar-refractivity contribution in [3.63, 3.8) is 0 Å². The topological polar surface area (TPSA) is 77.4 Å². The average Bonchev–Trinajstić information content (AvgIpc) is 2.82. The van der Waals surface area contributed by atoms with Gasteiger partial charge in [-0.05, 0) is 62.1 Å². The van der Waals surface area contributed by atoms with Gasteiger partial charge < -0.3 is 29.2 Å². The third-order valence-corrected chi connectivity index (χ3v) is 5.53. The first-order chi connectivity index (χ1) is 15.9. The lowest BCUT2D eigenvalue weighted by Gasteiger charge is -2.26. The molecule has 0 saturated carbocycles. The van der Waals surface area contributed by atoms with E-state index >= 15 is 0 Å². The number of benzene rings is 2. The van der Waals surface area contributed by atoms with E-state index in [9.17, 15) is 0 Å². The van der Waals surface area contributed by atoms with Crippen LogP contribution in [0.2, 0.25) is 0 Å². The summed E-state index contributed by atoms with van der Waals surface area (Å²) in [5.41, 5.74) is 2.22. The summed E-state index contributed by atoms with van der Waals surface area (Å²) in [6.07, 6.45) is 1.23. The molecule has 2 atom stereocenters. The van der Waals surface area contributed by atoms with Crippen molar-refractivity contribution in [3.8, 4) is 11.5 Å². The van der Waals surface area contributed by atoms with Crippen LogP contribution in [0.4, 0.5) is 0 Å². The Hall–Kier alpha value is -2.12. The second-order valence-corrected chi connectivity index (χ2v) is 8.81. The van der Waals surface area contributed by atoms with Crippen LogP contribution < -0.4 is 9.47 Å². The highest BCUT2D eigenvalue weighted by Crippen LogP contribution is 2.33. The van der Waals surface area contributed by atoms with Gasteiger partial charge in [0.25, 0.3) is 0 Å². The molecule has 0 amide bonds. The van der Waals surface area contributed by atoms with Crippen LogP contribution in [-0.4, -0.2) is 62.1 Å². The van der Waals surface area contributed by atoms with Crippen LogP contribution in [0.3, 0.4) is 0 Å². The molecule has 2 aromatic carbocycles. The number of aliphatic hydroxyl groups excluding tert-OH is 2. The molecule has 2 N–H and O–H groups in total. The van der Waals surface area contributed by atoms with Crippen molar-refractivity contribution >= 4 is 0 Å². The molecule has 0 fully saturated rings. The zero-order valence-electron chi connectivity index (χ0n) is 20.5. The van der Waals surface area contributed by atoms with Crippen LogP contribution in [0.25, 0.3) is 0 Å². The molecule has 33 heavy (non-hydrogen) atoms. The Morgan fingerprint density at radius 2 is 1.03 bits per heavy atom.